The van der Waals surface area contributed by atoms with Gasteiger partial charge < -0.3 is 15.0 Å². The normalized spacial score (nSPS) is 10.6. The van der Waals surface area contributed by atoms with Gasteiger partial charge in [-0.15, -0.1) is 0 Å². The van der Waals surface area contributed by atoms with Crippen LogP contribution in [0, 0.1) is 0 Å². The van der Waals surface area contributed by atoms with E-state index in [0.717, 1.165) is 35.3 Å². The monoisotopic (exact) mass is 348 g/mol. The molecule has 0 saturated carbocycles. The van der Waals surface area contributed by atoms with Crippen molar-refractivity contribution < 1.29 is 4.74 Å². The van der Waals surface area contributed by atoms with E-state index in [9.17, 15) is 0 Å². The Kier molecular flexibility index (Phi) is 5.69. The zero-order valence-electron chi connectivity index (χ0n) is 15.4. The van der Waals surface area contributed by atoms with Crippen LogP contribution in [0.5, 0.6) is 5.75 Å². The second-order valence-corrected chi connectivity index (χ2v) is 6.16. The van der Waals surface area contributed by atoms with Gasteiger partial charge in [0, 0.05) is 24.0 Å². The van der Waals surface area contributed by atoms with Gasteiger partial charge in [-0.2, -0.15) is 0 Å². The Bertz CT molecular complexity index is 819. The summed E-state index contributed by atoms with van der Waals surface area (Å²) in [5, 5.41) is 3.32. The number of aromatic nitrogens is 2. The van der Waals surface area contributed by atoms with Crippen LogP contribution in [0.3, 0.4) is 0 Å². The van der Waals surface area contributed by atoms with Crippen LogP contribution in [0.25, 0.3) is 0 Å². The van der Waals surface area contributed by atoms with Gasteiger partial charge in [0.05, 0.1) is 6.10 Å². The number of ether oxygens (including phenoxy) is 1. The Morgan fingerprint density at radius 3 is 2.38 bits per heavy atom. The third kappa shape index (κ3) is 4.51. The third-order valence-electron chi connectivity index (χ3n) is 3.81. The number of nitrogens with one attached hydrogen (secondary N) is 1. The zero-order chi connectivity index (χ0) is 18.4. The molecule has 5 heteroatoms. The predicted octanol–water partition coefficient (Wildman–Crippen LogP) is 5.17. The van der Waals surface area contributed by atoms with Gasteiger partial charge in [-0.3, -0.25) is 0 Å². The number of nitrogens with zero attached hydrogens (tertiary/aromatic N) is 3. The Balaban J connectivity index is 1.77. The van der Waals surface area contributed by atoms with Crippen molar-refractivity contribution in [1.29, 1.82) is 0 Å². The molecule has 3 rings (SSSR count). The standard InChI is InChI=1S/C21H24N4O/c1-4-25(18-8-6-5-7-9-18)21-14-20(22-15-23-21)24-17-10-12-19(13-11-17)26-16(2)3/h5-16H,4H2,1-3H3,(H,22,23,24). The van der Waals surface area contributed by atoms with Crippen molar-refractivity contribution in [1.82, 2.24) is 9.97 Å². The van der Waals surface area contributed by atoms with E-state index in [1.54, 1.807) is 6.33 Å². The lowest BCUT2D eigenvalue weighted by Gasteiger charge is -2.22. The molecule has 0 bridgehead atoms. The molecule has 0 fully saturated rings. The van der Waals surface area contributed by atoms with Crippen molar-refractivity contribution in [3.05, 3.63) is 67.0 Å². The second kappa shape index (κ2) is 8.34. The smallest absolute Gasteiger partial charge is 0.138 e. The van der Waals surface area contributed by atoms with E-state index in [4.69, 9.17) is 4.74 Å². The van der Waals surface area contributed by atoms with Crippen LogP contribution >= 0.6 is 0 Å². The molecule has 2 aromatic carbocycles. The first-order valence-corrected chi connectivity index (χ1v) is 8.84. The molecule has 0 aliphatic rings. The number of benzene rings is 2. The van der Waals surface area contributed by atoms with Gasteiger partial charge in [0.25, 0.3) is 0 Å². The lowest BCUT2D eigenvalue weighted by atomic mass is 10.2. The molecular weight excluding hydrogens is 324 g/mol. The van der Waals surface area contributed by atoms with Crippen molar-refractivity contribution in [3.63, 3.8) is 0 Å². The molecular formula is C21H24N4O. The van der Waals surface area contributed by atoms with Gasteiger partial charge in [-0.05, 0) is 57.2 Å². The minimum absolute atomic E-state index is 0.163. The molecule has 1 aromatic heterocycles. The van der Waals surface area contributed by atoms with Crippen LogP contribution in [-0.4, -0.2) is 22.6 Å². The lowest BCUT2D eigenvalue weighted by Crippen LogP contribution is -2.17. The Hall–Kier alpha value is -3.08. The minimum Gasteiger partial charge on any atom is -0.491 e. The summed E-state index contributed by atoms with van der Waals surface area (Å²) in [5.74, 6) is 2.47. The summed E-state index contributed by atoms with van der Waals surface area (Å²) < 4.78 is 5.67. The molecule has 0 amide bonds. The number of hydrogen-bond donors (Lipinski definition) is 1. The van der Waals surface area contributed by atoms with E-state index < -0.39 is 0 Å². The average Bonchev–Trinajstić information content (AvgIpc) is 2.65. The summed E-state index contributed by atoms with van der Waals surface area (Å²) in [7, 11) is 0. The van der Waals surface area contributed by atoms with Crippen LogP contribution in [-0.2, 0) is 0 Å². The summed E-state index contributed by atoms with van der Waals surface area (Å²) in [4.78, 5) is 10.9. The Morgan fingerprint density at radius 2 is 1.73 bits per heavy atom. The van der Waals surface area contributed by atoms with Crippen molar-refractivity contribution in [2.24, 2.45) is 0 Å². The van der Waals surface area contributed by atoms with Crippen LogP contribution < -0.4 is 15.0 Å². The molecule has 0 atom stereocenters. The maximum atomic E-state index is 5.67. The summed E-state index contributed by atoms with van der Waals surface area (Å²) in [5.41, 5.74) is 2.06. The molecule has 0 unspecified atom stereocenters. The van der Waals surface area contributed by atoms with Crippen molar-refractivity contribution in [3.8, 4) is 5.75 Å². The quantitative estimate of drug-likeness (QED) is 0.639. The summed E-state index contributed by atoms with van der Waals surface area (Å²) >= 11 is 0. The van der Waals surface area contributed by atoms with Crippen LogP contribution in [0.4, 0.5) is 23.0 Å². The Morgan fingerprint density at radius 1 is 1.00 bits per heavy atom. The van der Waals surface area contributed by atoms with E-state index in [2.05, 4.69) is 39.2 Å². The second-order valence-electron chi connectivity index (χ2n) is 6.16. The fourth-order valence-electron chi connectivity index (χ4n) is 2.68. The highest BCUT2D eigenvalue weighted by molar-refractivity contribution is 5.65. The molecule has 3 aromatic rings. The van der Waals surface area contributed by atoms with Gasteiger partial charge >= 0.3 is 0 Å². The molecule has 1 N–H and O–H groups in total. The third-order valence-corrected chi connectivity index (χ3v) is 3.81. The predicted molar refractivity (Wildman–Crippen MR) is 107 cm³/mol. The highest BCUT2D eigenvalue weighted by atomic mass is 16.5. The van der Waals surface area contributed by atoms with Crippen LogP contribution in [0.2, 0.25) is 0 Å². The highest BCUT2D eigenvalue weighted by Crippen LogP contribution is 2.25. The lowest BCUT2D eigenvalue weighted by molar-refractivity contribution is 0.242. The van der Waals surface area contributed by atoms with Crippen molar-refractivity contribution in [2.45, 2.75) is 26.9 Å². The molecule has 0 saturated heterocycles. The van der Waals surface area contributed by atoms with Crippen LogP contribution in [0.15, 0.2) is 67.0 Å². The first-order chi connectivity index (χ1) is 12.7. The van der Waals surface area contributed by atoms with Crippen molar-refractivity contribution >= 4 is 23.0 Å². The van der Waals surface area contributed by atoms with E-state index >= 15 is 0 Å². The van der Waals surface area contributed by atoms with Gasteiger partial charge in [0.15, 0.2) is 0 Å². The molecule has 0 aliphatic heterocycles. The SMILES string of the molecule is CCN(c1ccccc1)c1cc(Nc2ccc(OC(C)C)cc2)ncn1. The Labute approximate surface area is 154 Å². The number of anilines is 4. The van der Waals surface area contributed by atoms with E-state index in [1.165, 1.54) is 0 Å². The van der Waals surface area contributed by atoms with Gasteiger partial charge in [0.2, 0.25) is 0 Å². The molecule has 0 aliphatic carbocycles. The van der Waals surface area contributed by atoms with Gasteiger partial charge in [-0.1, -0.05) is 18.2 Å². The molecule has 0 radical (unpaired) electrons. The zero-order valence-corrected chi connectivity index (χ0v) is 15.4. The summed E-state index contributed by atoms with van der Waals surface area (Å²) in [6.07, 6.45) is 1.75. The number of hydrogen-bond acceptors (Lipinski definition) is 5. The maximum absolute atomic E-state index is 5.67. The number of rotatable bonds is 7. The average molecular weight is 348 g/mol. The van der Waals surface area contributed by atoms with Crippen LogP contribution in [0.1, 0.15) is 20.8 Å². The van der Waals surface area contributed by atoms with Crippen molar-refractivity contribution in [2.75, 3.05) is 16.8 Å². The number of para-hydroxylation sites is 1. The molecule has 1 heterocycles. The summed E-state index contributed by atoms with van der Waals surface area (Å²) in [6, 6.07) is 20.0. The highest BCUT2D eigenvalue weighted by Gasteiger charge is 2.09. The summed E-state index contributed by atoms with van der Waals surface area (Å²) in [6.45, 7) is 6.96. The fourth-order valence-corrected chi connectivity index (χ4v) is 2.68. The topological polar surface area (TPSA) is 50.3 Å². The first kappa shape index (κ1) is 17.7. The largest absolute Gasteiger partial charge is 0.491 e. The molecule has 134 valence electrons. The van der Waals surface area contributed by atoms with Gasteiger partial charge in [0.1, 0.15) is 23.7 Å². The van der Waals surface area contributed by atoms with E-state index in [1.807, 2.05) is 62.4 Å². The molecule has 26 heavy (non-hydrogen) atoms. The van der Waals surface area contributed by atoms with E-state index in [0.29, 0.717) is 0 Å². The minimum atomic E-state index is 0.163. The molecule has 5 nitrogen and oxygen atoms in total. The molecule has 0 spiro atoms. The first-order valence-electron chi connectivity index (χ1n) is 8.84. The van der Waals surface area contributed by atoms with Gasteiger partial charge in [-0.25, -0.2) is 9.97 Å². The van der Waals surface area contributed by atoms with E-state index in [-0.39, 0.29) is 6.10 Å². The fraction of sp³-hybridized carbons (Fsp3) is 0.238. The maximum Gasteiger partial charge on any atom is 0.138 e.